The molecule has 0 spiro atoms. The largest absolute Gasteiger partial charge is 0.478 e. The second-order valence-electron chi connectivity index (χ2n) is 5.17. The van der Waals surface area contributed by atoms with Crippen LogP contribution in [0.25, 0.3) is 17.4 Å². The summed E-state index contributed by atoms with van der Waals surface area (Å²) < 4.78 is 5.65. The summed E-state index contributed by atoms with van der Waals surface area (Å²) in [6.45, 7) is -0.0835. The maximum Gasteiger partial charge on any atom is 0.337 e. The summed E-state index contributed by atoms with van der Waals surface area (Å²) in [6.07, 6.45) is 6.61. The van der Waals surface area contributed by atoms with Gasteiger partial charge in [-0.3, -0.25) is 14.5 Å². The minimum atomic E-state index is -1.12. The Morgan fingerprint density at radius 2 is 2.12 bits per heavy atom. The number of benzene rings is 1. The standard InChI is InChI=1S/C18H10ClNO5S/c1-2-7-20-16(21)15(26-18(20)24)9-11-4-6-14(25-11)10-3-5-12(17(22)23)13(19)8-10/h1,3-6,8-9H,7H2,(H,22,23)/b15-9+. The van der Waals surface area contributed by atoms with Gasteiger partial charge in [-0.25, -0.2) is 4.79 Å². The van der Waals surface area contributed by atoms with Crippen LogP contribution in [-0.4, -0.2) is 33.7 Å². The predicted octanol–water partition coefficient (Wildman–Crippen LogP) is 3.97. The number of aromatic carboxylic acids is 1. The van der Waals surface area contributed by atoms with Crippen LogP contribution < -0.4 is 0 Å². The molecule has 1 N–H and O–H groups in total. The number of imide groups is 1. The highest BCUT2D eigenvalue weighted by Crippen LogP contribution is 2.33. The van der Waals surface area contributed by atoms with Gasteiger partial charge in [0.1, 0.15) is 11.5 Å². The van der Waals surface area contributed by atoms with E-state index < -0.39 is 17.1 Å². The number of carbonyl (C=O) groups excluding carboxylic acids is 2. The highest BCUT2D eigenvalue weighted by molar-refractivity contribution is 8.18. The molecule has 1 aromatic heterocycles. The molecule has 0 aliphatic carbocycles. The van der Waals surface area contributed by atoms with Gasteiger partial charge in [0.2, 0.25) is 0 Å². The minimum Gasteiger partial charge on any atom is -0.478 e. The van der Waals surface area contributed by atoms with Crippen LogP contribution in [0.1, 0.15) is 16.1 Å². The fraction of sp³-hybridized carbons (Fsp3) is 0.0556. The van der Waals surface area contributed by atoms with Crippen LogP contribution in [0.5, 0.6) is 0 Å². The first-order valence-corrected chi connectivity index (χ1v) is 8.42. The number of thioether (sulfide) groups is 1. The van der Waals surface area contributed by atoms with Gasteiger partial charge >= 0.3 is 5.97 Å². The van der Waals surface area contributed by atoms with Gasteiger partial charge in [0.05, 0.1) is 22.0 Å². The molecule has 2 aromatic rings. The van der Waals surface area contributed by atoms with Gasteiger partial charge in [0, 0.05) is 11.6 Å². The summed E-state index contributed by atoms with van der Waals surface area (Å²) in [7, 11) is 0. The average Bonchev–Trinajstić information content (AvgIpc) is 3.15. The second kappa shape index (κ2) is 7.12. The van der Waals surface area contributed by atoms with E-state index in [1.165, 1.54) is 18.2 Å². The average molecular weight is 388 g/mol. The molecule has 2 amide bonds. The third kappa shape index (κ3) is 3.38. The molecule has 0 atom stereocenters. The Labute approximate surface area is 157 Å². The van der Waals surface area contributed by atoms with Gasteiger partial charge in [-0.05, 0) is 36.0 Å². The molecule has 130 valence electrons. The monoisotopic (exact) mass is 387 g/mol. The van der Waals surface area contributed by atoms with Crippen LogP contribution in [0.15, 0.2) is 39.7 Å². The first-order valence-electron chi connectivity index (χ1n) is 7.22. The zero-order chi connectivity index (χ0) is 18.8. The van der Waals surface area contributed by atoms with E-state index in [2.05, 4.69) is 5.92 Å². The van der Waals surface area contributed by atoms with Crippen molar-refractivity contribution in [3.05, 3.63) is 51.6 Å². The first-order chi connectivity index (χ1) is 12.4. The summed E-state index contributed by atoms with van der Waals surface area (Å²) >= 11 is 6.74. The molecular formula is C18H10ClNO5S. The summed E-state index contributed by atoms with van der Waals surface area (Å²) in [5.41, 5.74) is 0.574. The van der Waals surface area contributed by atoms with Gasteiger partial charge in [-0.15, -0.1) is 6.42 Å². The van der Waals surface area contributed by atoms with E-state index in [1.807, 2.05) is 0 Å². The molecule has 0 bridgehead atoms. The highest BCUT2D eigenvalue weighted by atomic mass is 35.5. The van der Waals surface area contributed by atoms with Crippen molar-refractivity contribution in [1.82, 2.24) is 4.90 Å². The molecule has 26 heavy (non-hydrogen) atoms. The van der Waals surface area contributed by atoms with Crippen LogP contribution in [0.2, 0.25) is 5.02 Å². The lowest BCUT2D eigenvalue weighted by Gasteiger charge is -2.06. The molecule has 2 heterocycles. The molecule has 8 heteroatoms. The first kappa shape index (κ1) is 17.9. The SMILES string of the molecule is C#CCN1C(=O)S/C(=C/c2ccc(-c3ccc(C(=O)O)c(Cl)c3)o2)C1=O. The van der Waals surface area contributed by atoms with E-state index in [-0.39, 0.29) is 22.0 Å². The van der Waals surface area contributed by atoms with Crippen molar-refractivity contribution in [3.63, 3.8) is 0 Å². The van der Waals surface area contributed by atoms with Gasteiger partial charge in [0.15, 0.2) is 0 Å². The zero-order valence-corrected chi connectivity index (χ0v) is 14.6. The number of amides is 2. The number of carbonyl (C=O) groups is 3. The van der Waals surface area contributed by atoms with Crippen molar-refractivity contribution in [2.75, 3.05) is 6.54 Å². The molecule has 6 nitrogen and oxygen atoms in total. The number of carboxylic acid groups (broad SMARTS) is 1. The molecule has 1 aliphatic rings. The van der Waals surface area contributed by atoms with Gasteiger partial charge < -0.3 is 9.52 Å². The minimum absolute atomic E-state index is 0.00983. The van der Waals surface area contributed by atoms with Crippen LogP contribution in [0, 0.1) is 12.3 Å². The van der Waals surface area contributed by atoms with E-state index in [4.69, 9.17) is 27.5 Å². The predicted molar refractivity (Wildman–Crippen MR) is 97.6 cm³/mol. The van der Waals surface area contributed by atoms with E-state index in [1.54, 1.807) is 18.2 Å². The third-order valence-corrected chi connectivity index (χ3v) is 4.73. The molecule has 1 fully saturated rings. The smallest absolute Gasteiger partial charge is 0.337 e. The summed E-state index contributed by atoms with van der Waals surface area (Å²) in [6, 6.07) is 7.72. The molecular weight excluding hydrogens is 378 g/mol. The number of hydrogen-bond donors (Lipinski definition) is 1. The molecule has 1 saturated heterocycles. The quantitative estimate of drug-likeness (QED) is 0.631. The van der Waals surface area contributed by atoms with Crippen molar-refractivity contribution < 1.29 is 23.9 Å². The van der Waals surface area contributed by atoms with Crippen molar-refractivity contribution >= 4 is 46.6 Å². The lowest BCUT2D eigenvalue weighted by atomic mass is 10.1. The third-order valence-electron chi connectivity index (χ3n) is 3.51. The van der Waals surface area contributed by atoms with Crippen LogP contribution in [-0.2, 0) is 4.79 Å². The van der Waals surface area contributed by atoms with Crippen LogP contribution >= 0.6 is 23.4 Å². The molecule has 3 rings (SSSR count). The molecule has 0 saturated carbocycles. The van der Waals surface area contributed by atoms with Gasteiger partial charge in [-0.1, -0.05) is 23.6 Å². The van der Waals surface area contributed by atoms with Crippen molar-refractivity contribution in [2.24, 2.45) is 0 Å². The number of carboxylic acids is 1. The maximum atomic E-state index is 12.1. The molecule has 0 radical (unpaired) electrons. The number of halogens is 1. The van der Waals surface area contributed by atoms with Crippen molar-refractivity contribution in [2.45, 2.75) is 0 Å². The number of nitrogens with zero attached hydrogens (tertiary/aromatic N) is 1. The Morgan fingerprint density at radius 1 is 1.35 bits per heavy atom. The van der Waals surface area contributed by atoms with E-state index in [0.717, 1.165) is 16.7 Å². The van der Waals surface area contributed by atoms with E-state index >= 15 is 0 Å². The number of furan rings is 1. The lowest BCUT2D eigenvalue weighted by Crippen LogP contribution is -2.28. The number of terminal acetylenes is 1. The van der Waals surface area contributed by atoms with Gasteiger partial charge in [-0.2, -0.15) is 0 Å². The highest BCUT2D eigenvalue weighted by Gasteiger charge is 2.34. The lowest BCUT2D eigenvalue weighted by molar-refractivity contribution is -0.122. The number of hydrogen-bond acceptors (Lipinski definition) is 5. The summed E-state index contributed by atoms with van der Waals surface area (Å²) in [4.78, 5) is 36.1. The Balaban J connectivity index is 1.86. The van der Waals surface area contributed by atoms with Crippen LogP contribution in [0.3, 0.4) is 0 Å². The van der Waals surface area contributed by atoms with E-state index in [0.29, 0.717) is 17.1 Å². The van der Waals surface area contributed by atoms with Crippen molar-refractivity contribution in [1.29, 1.82) is 0 Å². The topological polar surface area (TPSA) is 87.8 Å². The zero-order valence-electron chi connectivity index (χ0n) is 13.1. The summed E-state index contributed by atoms with van der Waals surface area (Å²) in [5, 5.41) is 8.66. The van der Waals surface area contributed by atoms with Gasteiger partial charge in [0.25, 0.3) is 11.1 Å². The number of rotatable bonds is 4. The molecule has 1 aromatic carbocycles. The normalized spacial score (nSPS) is 15.5. The molecule has 0 unspecified atom stereocenters. The Hall–Kier alpha value is -2.95. The van der Waals surface area contributed by atoms with Crippen molar-refractivity contribution in [3.8, 4) is 23.7 Å². The maximum absolute atomic E-state index is 12.1. The van der Waals surface area contributed by atoms with E-state index in [9.17, 15) is 14.4 Å². The fourth-order valence-corrected chi connectivity index (χ4v) is 3.36. The summed E-state index contributed by atoms with van der Waals surface area (Å²) in [5.74, 6) is 1.48. The molecule has 1 aliphatic heterocycles. The van der Waals surface area contributed by atoms with Crippen LogP contribution in [0.4, 0.5) is 4.79 Å². The Kier molecular flexibility index (Phi) is 4.89. The fourth-order valence-electron chi connectivity index (χ4n) is 2.28. The Bertz CT molecular complexity index is 1000. The second-order valence-corrected chi connectivity index (χ2v) is 6.57. The Morgan fingerprint density at radius 3 is 2.77 bits per heavy atom.